The summed E-state index contributed by atoms with van der Waals surface area (Å²) in [5, 5.41) is 14.3. The smallest absolute Gasteiger partial charge is 0.331 e. The maximum absolute atomic E-state index is 11.9. The van der Waals surface area contributed by atoms with Crippen LogP contribution < -0.4 is 5.32 Å². The number of nitrogens with one attached hydrogen (secondary N) is 1. The van der Waals surface area contributed by atoms with Gasteiger partial charge in [0.2, 0.25) is 6.41 Å². The van der Waals surface area contributed by atoms with E-state index < -0.39 is 18.1 Å². The van der Waals surface area contributed by atoms with Crippen molar-refractivity contribution in [2.45, 2.75) is 19.1 Å². The van der Waals surface area contributed by atoms with Gasteiger partial charge >= 0.3 is 5.97 Å². The summed E-state index contributed by atoms with van der Waals surface area (Å²) in [4.78, 5) is 26.6. The number of fused-ring (bicyclic) bond motifs is 1. The Kier molecular flexibility index (Phi) is 4.84. The molecule has 6 heteroatoms. The van der Waals surface area contributed by atoms with E-state index in [0.29, 0.717) is 12.0 Å². The molecule has 0 fully saturated rings. The molecular weight excluding hydrogens is 272 g/mol. The monoisotopic (exact) mass is 288 g/mol. The molecule has 0 bridgehead atoms. The van der Waals surface area contributed by atoms with Gasteiger partial charge in [0.05, 0.1) is 6.61 Å². The van der Waals surface area contributed by atoms with Crippen molar-refractivity contribution in [3.05, 3.63) is 42.2 Å². The van der Waals surface area contributed by atoms with Crippen LogP contribution in [-0.2, 0) is 14.3 Å². The molecule has 0 saturated heterocycles. The zero-order valence-electron chi connectivity index (χ0n) is 11.5. The molecule has 0 spiro atoms. The normalized spacial score (nSPS) is 13.4. The number of amides is 1. The van der Waals surface area contributed by atoms with Crippen molar-refractivity contribution in [2.75, 3.05) is 6.61 Å². The molecule has 6 nitrogen and oxygen atoms in total. The quantitative estimate of drug-likeness (QED) is 0.610. The van der Waals surface area contributed by atoms with Gasteiger partial charge in [-0.15, -0.1) is 0 Å². The highest BCUT2D eigenvalue weighted by atomic mass is 16.5. The number of esters is 1. The molecular formula is C15H16N2O4. The summed E-state index contributed by atoms with van der Waals surface area (Å²) in [6, 6.07) is 6.18. The highest BCUT2D eigenvalue weighted by molar-refractivity contribution is 5.86. The number of aliphatic hydroxyl groups excluding tert-OH is 1. The maximum Gasteiger partial charge on any atom is 0.331 e. The predicted molar refractivity (Wildman–Crippen MR) is 76.3 cm³/mol. The van der Waals surface area contributed by atoms with Gasteiger partial charge in [0, 0.05) is 23.3 Å². The molecule has 2 N–H and O–H groups in total. The molecule has 21 heavy (non-hydrogen) atoms. The van der Waals surface area contributed by atoms with E-state index in [1.54, 1.807) is 13.1 Å². The van der Waals surface area contributed by atoms with Crippen LogP contribution in [0.3, 0.4) is 0 Å². The topological polar surface area (TPSA) is 88.5 Å². The van der Waals surface area contributed by atoms with Crippen LogP contribution in [0.4, 0.5) is 0 Å². The SMILES string of the molecule is CCOC(=O)C(NC=O)C(O)c1cncc2ccccc12. The minimum absolute atomic E-state index is 0.163. The molecule has 0 aliphatic carbocycles. The molecule has 1 amide bonds. The van der Waals surface area contributed by atoms with E-state index in [1.807, 2.05) is 24.3 Å². The largest absolute Gasteiger partial charge is 0.464 e. The number of hydrogen-bond donors (Lipinski definition) is 2. The summed E-state index contributed by atoms with van der Waals surface area (Å²) in [7, 11) is 0. The van der Waals surface area contributed by atoms with Crippen molar-refractivity contribution in [3.63, 3.8) is 0 Å². The van der Waals surface area contributed by atoms with E-state index in [-0.39, 0.29) is 6.61 Å². The molecule has 0 radical (unpaired) electrons. The van der Waals surface area contributed by atoms with E-state index in [2.05, 4.69) is 10.3 Å². The maximum atomic E-state index is 11.9. The summed E-state index contributed by atoms with van der Waals surface area (Å²) >= 11 is 0. The first-order valence-electron chi connectivity index (χ1n) is 6.56. The lowest BCUT2D eigenvalue weighted by atomic mass is 9.98. The van der Waals surface area contributed by atoms with Crippen LogP contribution in [0.25, 0.3) is 10.8 Å². The molecule has 0 aliphatic heterocycles. The fourth-order valence-electron chi connectivity index (χ4n) is 2.15. The van der Waals surface area contributed by atoms with Gasteiger partial charge in [0.1, 0.15) is 6.10 Å². The summed E-state index contributed by atoms with van der Waals surface area (Å²) in [5.41, 5.74) is 0.459. The lowest BCUT2D eigenvalue weighted by Crippen LogP contribution is -2.42. The number of nitrogens with zero attached hydrogens (tertiary/aromatic N) is 1. The number of pyridine rings is 1. The molecule has 2 atom stereocenters. The third kappa shape index (κ3) is 3.17. The minimum Gasteiger partial charge on any atom is -0.464 e. The van der Waals surface area contributed by atoms with Gasteiger partial charge in [-0.3, -0.25) is 9.78 Å². The van der Waals surface area contributed by atoms with Gasteiger partial charge in [-0.25, -0.2) is 4.79 Å². The van der Waals surface area contributed by atoms with Gasteiger partial charge in [-0.2, -0.15) is 0 Å². The highest BCUT2D eigenvalue weighted by Crippen LogP contribution is 2.25. The predicted octanol–water partition coefficient (Wildman–Crippen LogP) is 0.946. The van der Waals surface area contributed by atoms with Crippen molar-refractivity contribution in [1.82, 2.24) is 10.3 Å². The highest BCUT2D eigenvalue weighted by Gasteiger charge is 2.30. The Morgan fingerprint density at radius 2 is 2.19 bits per heavy atom. The fraction of sp³-hybridized carbons (Fsp3) is 0.267. The molecule has 0 aliphatic rings. The molecule has 110 valence electrons. The van der Waals surface area contributed by atoms with E-state index in [0.717, 1.165) is 10.8 Å². The van der Waals surface area contributed by atoms with Crippen molar-refractivity contribution in [1.29, 1.82) is 0 Å². The van der Waals surface area contributed by atoms with E-state index in [9.17, 15) is 14.7 Å². The van der Waals surface area contributed by atoms with Gasteiger partial charge in [0.25, 0.3) is 0 Å². The number of benzene rings is 1. The van der Waals surface area contributed by atoms with E-state index in [1.165, 1.54) is 6.20 Å². The van der Waals surface area contributed by atoms with Gasteiger partial charge in [-0.05, 0) is 12.3 Å². The number of aliphatic hydroxyl groups is 1. The number of rotatable bonds is 6. The molecule has 1 aromatic heterocycles. The minimum atomic E-state index is -1.24. The van der Waals surface area contributed by atoms with Crippen molar-refractivity contribution in [3.8, 4) is 0 Å². The summed E-state index contributed by atoms with van der Waals surface area (Å²) in [6.07, 6.45) is 2.26. The first-order valence-corrected chi connectivity index (χ1v) is 6.56. The molecule has 2 unspecified atom stereocenters. The standard InChI is InChI=1S/C15H16N2O4/c1-2-21-15(20)13(17-9-18)14(19)12-8-16-7-10-5-3-4-6-11(10)12/h3-9,13-14,19H,2H2,1H3,(H,17,18). The molecule has 2 rings (SSSR count). The Bertz CT molecular complexity index is 639. The zero-order valence-corrected chi connectivity index (χ0v) is 11.5. The van der Waals surface area contributed by atoms with Gasteiger partial charge < -0.3 is 15.2 Å². The third-order valence-corrected chi connectivity index (χ3v) is 3.12. The molecule has 1 heterocycles. The van der Waals surface area contributed by atoms with Gasteiger partial charge in [0.15, 0.2) is 6.04 Å². The average molecular weight is 288 g/mol. The average Bonchev–Trinajstić information content (AvgIpc) is 2.51. The second-order valence-electron chi connectivity index (χ2n) is 4.41. The fourth-order valence-corrected chi connectivity index (χ4v) is 2.15. The summed E-state index contributed by atoms with van der Waals surface area (Å²) in [5.74, 6) is -0.690. The summed E-state index contributed by atoms with van der Waals surface area (Å²) < 4.78 is 4.87. The van der Waals surface area contributed by atoms with Crippen LogP contribution in [0.1, 0.15) is 18.6 Å². The van der Waals surface area contributed by atoms with Crippen molar-refractivity contribution >= 4 is 23.2 Å². The van der Waals surface area contributed by atoms with Crippen molar-refractivity contribution < 1.29 is 19.4 Å². The van der Waals surface area contributed by atoms with Crippen molar-refractivity contribution in [2.24, 2.45) is 0 Å². The molecule has 1 aromatic carbocycles. The second kappa shape index (κ2) is 6.81. The van der Waals surface area contributed by atoms with Crippen LogP contribution >= 0.6 is 0 Å². The Morgan fingerprint density at radius 3 is 2.90 bits per heavy atom. The van der Waals surface area contributed by atoms with E-state index >= 15 is 0 Å². The van der Waals surface area contributed by atoms with Crippen LogP contribution in [0.15, 0.2) is 36.7 Å². The zero-order chi connectivity index (χ0) is 15.2. The Morgan fingerprint density at radius 1 is 1.43 bits per heavy atom. The van der Waals surface area contributed by atoms with E-state index in [4.69, 9.17) is 4.74 Å². The summed E-state index contributed by atoms with van der Waals surface area (Å²) in [6.45, 7) is 1.82. The number of hydrogen-bond acceptors (Lipinski definition) is 5. The lowest BCUT2D eigenvalue weighted by molar-refractivity contribution is -0.149. The van der Waals surface area contributed by atoms with Crippen LogP contribution in [0.5, 0.6) is 0 Å². The Hall–Kier alpha value is -2.47. The third-order valence-electron chi connectivity index (χ3n) is 3.12. The first kappa shape index (κ1) is 14.9. The number of aromatic nitrogens is 1. The Balaban J connectivity index is 2.40. The number of carbonyl (C=O) groups excluding carboxylic acids is 2. The van der Waals surface area contributed by atoms with Crippen LogP contribution in [0, 0.1) is 0 Å². The molecule has 2 aromatic rings. The van der Waals surface area contributed by atoms with Crippen LogP contribution in [-0.4, -0.2) is 35.1 Å². The molecule has 0 saturated carbocycles. The first-order chi connectivity index (χ1) is 10.2. The second-order valence-corrected chi connectivity index (χ2v) is 4.41. The van der Waals surface area contributed by atoms with Crippen LogP contribution in [0.2, 0.25) is 0 Å². The number of carbonyl (C=O) groups is 2. The number of ether oxygens (including phenoxy) is 1. The van der Waals surface area contributed by atoms with Gasteiger partial charge in [-0.1, -0.05) is 24.3 Å². The Labute approximate surface area is 121 Å². The lowest BCUT2D eigenvalue weighted by Gasteiger charge is -2.21.